The Labute approximate surface area is 117 Å². The fraction of sp³-hybridized carbons (Fsp3) is 0.278. The molecule has 1 N–H and O–H groups in total. The number of hydrogen-bond acceptors (Lipinski definition) is 1. The molecule has 0 radical (unpaired) electrons. The molecule has 1 aromatic rings. The highest BCUT2D eigenvalue weighted by molar-refractivity contribution is 5.83. The monoisotopic (exact) mass is 264 g/mol. The van der Waals surface area contributed by atoms with E-state index in [2.05, 4.69) is 30.4 Å². The van der Waals surface area contributed by atoms with Gasteiger partial charge in [-0.1, -0.05) is 30.3 Å². The quantitative estimate of drug-likeness (QED) is 0.842. The third kappa shape index (κ3) is 1.61. The molecule has 0 saturated heterocycles. The van der Waals surface area contributed by atoms with Crippen molar-refractivity contribution in [2.75, 3.05) is 0 Å². The van der Waals surface area contributed by atoms with E-state index in [-0.39, 0.29) is 5.92 Å². The Morgan fingerprint density at radius 1 is 1.15 bits per heavy atom. The summed E-state index contributed by atoms with van der Waals surface area (Å²) in [6.07, 6.45) is 9.51. The minimum Gasteiger partial charge on any atom is -0.481 e. The van der Waals surface area contributed by atoms with E-state index in [0.29, 0.717) is 5.92 Å². The SMILES string of the molecule is O=C(O)C1CC2CCC=C3C=c4ccccc4=CC1=C32. The van der Waals surface area contributed by atoms with Crippen LogP contribution in [0.2, 0.25) is 0 Å². The van der Waals surface area contributed by atoms with Gasteiger partial charge in [0.1, 0.15) is 0 Å². The molecule has 3 aliphatic carbocycles. The average molecular weight is 264 g/mol. The Balaban J connectivity index is 2.04. The van der Waals surface area contributed by atoms with Crippen LogP contribution >= 0.6 is 0 Å². The number of allylic oxidation sites excluding steroid dienone is 3. The maximum absolute atomic E-state index is 11.6. The van der Waals surface area contributed by atoms with Crippen molar-refractivity contribution >= 4 is 18.1 Å². The smallest absolute Gasteiger partial charge is 0.311 e. The number of fused-ring (bicyclic) bond motifs is 1. The van der Waals surface area contributed by atoms with E-state index in [1.807, 2.05) is 12.1 Å². The molecule has 2 unspecified atom stereocenters. The predicted molar refractivity (Wildman–Crippen MR) is 78.2 cm³/mol. The highest BCUT2D eigenvalue weighted by atomic mass is 16.4. The minimum absolute atomic E-state index is 0.337. The third-order valence-electron chi connectivity index (χ3n) is 4.72. The highest BCUT2D eigenvalue weighted by Gasteiger charge is 2.38. The van der Waals surface area contributed by atoms with Crippen LogP contribution in [0.15, 0.2) is 47.1 Å². The first-order valence-electron chi connectivity index (χ1n) is 7.20. The van der Waals surface area contributed by atoms with Gasteiger partial charge in [0.05, 0.1) is 5.92 Å². The fourth-order valence-corrected chi connectivity index (χ4v) is 3.82. The molecule has 2 nitrogen and oxygen atoms in total. The summed E-state index contributed by atoms with van der Waals surface area (Å²) in [5.74, 6) is -0.596. The van der Waals surface area contributed by atoms with Gasteiger partial charge in [-0.3, -0.25) is 4.79 Å². The molecule has 3 aliphatic rings. The van der Waals surface area contributed by atoms with Gasteiger partial charge in [0.25, 0.3) is 0 Å². The van der Waals surface area contributed by atoms with Crippen LogP contribution in [0.5, 0.6) is 0 Å². The van der Waals surface area contributed by atoms with Crippen LogP contribution in [0.4, 0.5) is 0 Å². The van der Waals surface area contributed by atoms with Gasteiger partial charge < -0.3 is 5.11 Å². The summed E-state index contributed by atoms with van der Waals surface area (Å²) in [4.78, 5) is 11.6. The molecule has 0 fully saturated rings. The van der Waals surface area contributed by atoms with E-state index in [4.69, 9.17) is 0 Å². The molecule has 2 heteroatoms. The zero-order valence-electron chi connectivity index (χ0n) is 11.2. The number of hydrogen-bond donors (Lipinski definition) is 1. The zero-order valence-corrected chi connectivity index (χ0v) is 11.2. The second-order valence-corrected chi connectivity index (χ2v) is 5.85. The summed E-state index contributed by atoms with van der Waals surface area (Å²) in [5.41, 5.74) is 3.58. The molecular formula is C18H16O2. The van der Waals surface area contributed by atoms with Gasteiger partial charge >= 0.3 is 5.97 Å². The van der Waals surface area contributed by atoms with Crippen LogP contribution in [-0.2, 0) is 4.79 Å². The Morgan fingerprint density at radius 2 is 1.90 bits per heavy atom. The van der Waals surface area contributed by atoms with Crippen molar-refractivity contribution in [2.24, 2.45) is 11.8 Å². The second kappa shape index (κ2) is 4.20. The lowest BCUT2D eigenvalue weighted by atomic mass is 9.84. The van der Waals surface area contributed by atoms with E-state index in [0.717, 1.165) is 30.1 Å². The molecule has 0 spiro atoms. The number of aliphatic carboxylic acids is 1. The molecule has 20 heavy (non-hydrogen) atoms. The van der Waals surface area contributed by atoms with E-state index in [1.54, 1.807) is 0 Å². The lowest BCUT2D eigenvalue weighted by molar-refractivity contribution is -0.140. The van der Waals surface area contributed by atoms with Crippen LogP contribution in [0.3, 0.4) is 0 Å². The van der Waals surface area contributed by atoms with Gasteiger partial charge in [-0.05, 0) is 64.5 Å². The first-order chi connectivity index (χ1) is 9.74. The molecule has 0 aliphatic heterocycles. The standard InChI is InChI=1S/C18H16O2/c19-18(20)16-10-14-7-3-6-13-8-11-4-1-2-5-12(11)9-15(16)17(13)14/h1-2,4-6,8-9,14,16H,3,7,10H2,(H,19,20). The molecular weight excluding hydrogens is 248 g/mol. The third-order valence-corrected chi connectivity index (χ3v) is 4.72. The van der Waals surface area contributed by atoms with Crippen LogP contribution in [0.25, 0.3) is 12.2 Å². The Morgan fingerprint density at radius 3 is 2.65 bits per heavy atom. The first-order valence-corrected chi connectivity index (χ1v) is 7.20. The van der Waals surface area contributed by atoms with E-state index < -0.39 is 5.97 Å². The Hall–Kier alpha value is -2.09. The van der Waals surface area contributed by atoms with Crippen LogP contribution in [0, 0.1) is 11.8 Å². The van der Waals surface area contributed by atoms with Gasteiger partial charge in [-0.15, -0.1) is 0 Å². The van der Waals surface area contributed by atoms with Crippen LogP contribution in [0.1, 0.15) is 19.3 Å². The number of carbonyl (C=O) groups is 1. The Kier molecular flexibility index (Phi) is 2.46. The molecule has 0 saturated carbocycles. The van der Waals surface area contributed by atoms with Crippen molar-refractivity contribution in [3.05, 3.63) is 57.5 Å². The van der Waals surface area contributed by atoms with Crippen molar-refractivity contribution in [2.45, 2.75) is 19.3 Å². The Bertz CT molecular complexity index is 780. The predicted octanol–water partition coefficient (Wildman–Crippen LogP) is 2.00. The summed E-state index contributed by atoms with van der Waals surface area (Å²) < 4.78 is 0. The van der Waals surface area contributed by atoms with Crippen LogP contribution in [-0.4, -0.2) is 11.1 Å². The molecule has 0 aromatic heterocycles. The maximum atomic E-state index is 11.6. The minimum atomic E-state index is -0.683. The normalized spacial score (nSPS) is 26.7. The number of carboxylic acid groups (broad SMARTS) is 1. The van der Waals surface area contributed by atoms with E-state index in [1.165, 1.54) is 16.4 Å². The maximum Gasteiger partial charge on any atom is 0.311 e. The second-order valence-electron chi connectivity index (χ2n) is 5.85. The topological polar surface area (TPSA) is 37.3 Å². The molecule has 100 valence electrons. The summed E-state index contributed by atoms with van der Waals surface area (Å²) in [6, 6.07) is 8.23. The van der Waals surface area contributed by atoms with Crippen molar-refractivity contribution in [1.29, 1.82) is 0 Å². The van der Waals surface area contributed by atoms with Crippen molar-refractivity contribution in [3.8, 4) is 0 Å². The van der Waals surface area contributed by atoms with Crippen molar-refractivity contribution in [3.63, 3.8) is 0 Å². The summed E-state index contributed by atoms with van der Waals surface area (Å²) >= 11 is 0. The fourth-order valence-electron chi connectivity index (χ4n) is 3.82. The average Bonchev–Trinajstić information content (AvgIpc) is 2.72. The van der Waals surface area contributed by atoms with Crippen molar-refractivity contribution in [1.82, 2.24) is 0 Å². The zero-order chi connectivity index (χ0) is 13.7. The first kappa shape index (κ1) is 11.7. The summed E-state index contributed by atoms with van der Waals surface area (Å²) in [6.45, 7) is 0. The van der Waals surface area contributed by atoms with Gasteiger partial charge in [0.15, 0.2) is 0 Å². The molecule has 4 rings (SSSR count). The molecule has 0 heterocycles. The molecule has 0 bridgehead atoms. The summed E-state index contributed by atoms with van der Waals surface area (Å²) in [5, 5.41) is 11.9. The lowest BCUT2D eigenvalue weighted by Gasteiger charge is -2.20. The van der Waals surface area contributed by atoms with E-state index >= 15 is 0 Å². The number of benzene rings is 1. The molecule has 0 amide bonds. The van der Waals surface area contributed by atoms with Gasteiger partial charge in [0.2, 0.25) is 0 Å². The molecule has 1 aromatic carbocycles. The lowest BCUT2D eigenvalue weighted by Crippen LogP contribution is -2.24. The van der Waals surface area contributed by atoms with Gasteiger partial charge in [-0.2, -0.15) is 0 Å². The summed E-state index contributed by atoms with van der Waals surface area (Å²) in [7, 11) is 0. The highest BCUT2D eigenvalue weighted by Crippen LogP contribution is 2.46. The van der Waals surface area contributed by atoms with Gasteiger partial charge in [-0.25, -0.2) is 0 Å². The molecule has 2 atom stereocenters. The van der Waals surface area contributed by atoms with Gasteiger partial charge in [0, 0.05) is 0 Å². The largest absolute Gasteiger partial charge is 0.481 e. The van der Waals surface area contributed by atoms with E-state index in [9.17, 15) is 9.90 Å². The number of rotatable bonds is 1. The van der Waals surface area contributed by atoms with Crippen LogP contribution < -0.4 is 10.4 Å². The number of carboxylic acids is 1. The van der Waals surface area contributed by atoms with Crippen molar-refractivity contribution < 1.29 is 9.90 Å².